The number of nitrogens with zero attached hydrogens (tertiary/aromatic N) is 5. The number of aryl methyl sites for hydroxylation is 3. The van der Waals surface area contributed by atoms with Gasteiger partial charge in [0.1, 0.15) is 5.15 Å². The third kappa shape index (κ3) is 3.35. The maximum absolute atomic E-state index is 12.8. The summed E-state index contributed by atoms with van der Waals surface area (Å²) < 4.78 is 1.55. The molecule has 26 heavy (non-hydrogen) atoms. The van der Waals surface area contributed by atoms with E-state index >= 15 is 0 Å². The molecule has 7 nitrogen and oxygen atoms in total. The van der Waals surface area contributed by atoms with Crippen molar-refractivity contribution in [2.75, 3.05) is 13.1 Å². The van der Waals surface area contributed by atoms with Gasteiger partial charge in [0.15, 0.2) is 0 Å². The van der Waals surface area contributed by atoms with Gasteiger partial charge in [0.2, 0.25) is 0 Å². The first kappa shape index (κ1) is 18.1. The van der Waals surface area contributed by atoms with Crippen molar-refractivity contribution < 1.29 is 9.59 Å². The summed E-state index contributed by atoms with van der Waals surface area (Å²) in [4.78, 5) is 29.5. The van der Waals surface area contributed by atoms with Crippen molar-refractivity contribution in [1.82, 2.24) is 24.8 Å². The molecule has 2 amide bonds. The molecule has 3 heterocycles. The van der Waals surface area contributed by atoms with E-state index in [1.807, 2.05) is 13.8 Å². The minimum Gasteiger partial charge on any atom is -0.268 e. The fraction of sp³-hybridized carbons (Fsp3) is 0.333. The lowest BCUT2D eigenvalue weighted by Crippen LogP contribution is -2.44. The topological polar surface area (TPSA) is 71.3 Å². The first-order valence-electron chi connectivity index (χ1n) is 8.31. The molecule has 136 valence electrons. The van der Waals surface area contributed by atoms with Gasteiger partial charge in [0.05, 0.1) is 11.3 Å². The summed E-state index contributed by atoms with van der Waals surface area (Å²) >= 11 is 6.19. The van der Waals surface area contributed by atoms with E-state index in [0.29, 0.717) is 29.4 Å². The quantitative estimate of drug-likeness (QED) is 0.774. The monoisotopic (exact) mass is 373 g/mol. The van der Waals surface area contributed by atoms with E-state index in [1.54, 1.807) is 30.1 Å². The number of hydrazine groups is 1. The smallest absolute Gasteiger partial charge is 0.268 e. The minimum absolute atomic E-state index is 0.217. The van der Waals surface area contributed by atoms with Crippen LogP contribution in [0.25, 0.3) is 6.08 Å². The van der Waals surface area contributed by atoms with Gasteiger partial charge in [-0.05, 0) is 38.0 Å². The fourth-order valence-corrected chi connectivity index (χ4v) is 3.19. The Kier molecular flexibility index (Phi) is 5.08. The molecule has 3 rings (SSSR count). The number of halogens is 1. The second kappa shape index (κ2) is 7.29. The molecule has 1 aliphatic rings. The Morgan fingerprint density at radius 2 is 1.96 bits per heavy atom. The van der Waals surface area contributed by atoms with E-state index in [-0.39, 0.29) is 11.8 Å². The number of rotatable bonds is 3. The Hall–Kier alpha value is -2.67. The highest BCUT2D eigenvalue weighted by Crippen LogP contribution is 2.21. The van der Waals surface area contributed by atoms with E-state index < -0.39 is 0 Å². The van der Waals surface area contributed by atoms with Crippen LogP contribution in [0.15, 0.2) is 24.5 Å². The van der Waals surface area contributed by atoms with Crippen LogP contribution in [-0.4, -0.2) is 49.7 Å². The summed E-state index contributed by atoms with van der Waals surface area (Å²) in [5.74, 6) is -0.484. The Balaban J connectivity index is 1.79. The molecule has 0 atom stereocenters. The van der Waals surface area contributed by atoms with Crippen molar-refractivity contribution in [3.05, 3.63) is 52.1 Å². The maximum Gasteiger partial charge on any atom is 0.274 e. The molecule has 0 N–H and O–H groups in total. The molecular weight excluding hydrogens is 354 g/mol. The molecule has 0 bridgehead atoms. The van der Waals surface area contributed by atoms with Crippen LogP contribution in [-0.2, 0) is 11.8 Å². The van der Waals surface area contributed by atoms with Crippen molar-refractivity contribution >= 4 is 29.5 Å². The second-order valence-electron chi connectivity index (χ2n) is 6.18. The zero-order valence-electron chi connectivity index (χ0n) is 14.9. The summed E-state index contributed by atoms with van der Waals surface area (Å²) in [5.41, 5.74) is 2.77. The number of pyridine rings is 1. The van der Waals surface area contributed by atoms with Gasteiger partial charge in [0.25, 0.3) is 11.8 Å². The Morgan fingerprint density at radius 3 is 2.62 bits per heavy atom. The Morgan fingerprint density at radius 1 is 1.23 bits per heavy atom. The zero-order valence-corrected chi connectivity index (χ0v) is 15.7. The summed E-state index contributed by atoms with van der Waals surface area (Å²) in [7, 11) is 1.74. The molecule has 8 heteroatoms. The molecule has 0 unspecified atom stereocenters. The van der Waals surface area contributed by atoms with Gasteiger partial charge in [-0.1, -0.05) is 11.6 Å². The van der Waals surface area contributed by atoms with Gasteiger partial charge in [-0.3, -0.25) is 19.3 Å². The number of carbonyl (C=O) groups excluding carboxylic acids is 2. The first-order valence-corrected chi connectivity index (χ1v) is 8.69. The summed E-state index contributed by atoms with van der Waals surface area (Å²) in [6.07, 6.45) is 6.98. The first-order chi connectivity index (χ1) is 12.4. The van der Waals surface area contributed by atoms with Gasteiger partial charge >= 0.3 is 0 Å². The normalized spacial score (nSPS) is 14.5. The number of carbonyl (C=O) groups is 2. The van der Waals surface area contributed by atoms with Crippen LogP contribution in [0.1, 0.15) is 33.6 Å². The second-order valence-corrected chi connectivity index (χ2v) is 6.54. The van der Waals surface area contributed by atoms with Crippen LogP contribution in [0, 0.1) is 13.8 Å². The minimum atomic E-state index is -0.267. The van der Waals surface area contributed by atoms with Crippen LogP contribution in [0.2, 0.25) is 5.15 Å². The van der Waals surface area contributed by atoms with E-state index in [1.165, 1.54) is 22.3 Å². The summed E-state index contributed by atoms with van der Waals surface area (Å²) in [6.45, 7) is 4.67. The van der Waals surface area contributed by atoms with Crippen molar-refractivity contribution in [1.29, 1.82) is 0 Å². The van der Waals surface area contributed by atoms with Crippen molar-refractivity contribution in [2.45, 2.75) is 20.3 Å². The average molecular weight is 374 g/mol. The molecule has 1 aliphatic heterocycles. The highest BCUT2D eigenvalue weighted by atomic mass is 35.5. The third-order valence-corrected chi connectivity index (χ3v) is 4.83. The van der Waals surface area contributed by atoms with Crippen LogP contribution < -0.4 is 0 Å². The maximum atomic E-state index is 12.8. The Labute approximate surface area is 156 Å². The highest BCUT2D eigenvalue weighted by molar-refractivity contribution is 6.31. The molecule has 0 spiro atoms. The molecule has 1 fully saturated rings. The van der Waals surface area contributed by atoms with Gasteiger partial charge in [-0.2, -0.15) is 5.10 Å². The average Bonchev–Trinajstić information content (AvgIpc) is 3.19. The molecule has 2 aromatic rings. The molecule has 0 radical (unpaired) electrons. The number of aromatic nitrogens is 3. The standard InChI is InChI=1S/C18H20ClN5O2/c1-12-7-8-20-11-15(12)18(26)24-10-4-9-23(24)16(25)6-5-14-13(2)21-22(3)17(14)19/h5-8,11H,4,9-10H2,1-3H3. The lowest BCUT2D eigenvalue weighted by Gasteiger charge is -2.27. The predicted octanol–water partition coefficient (Wildman–Crippen LogP) is 2.39. The lowest BCUT2D eigenvalue weighted by molar-refractivity contribution is -0.134. The van der Waals surface area contributed by atoms with Crippen LogP contribution in [0.4, 0.5) is 0 Å². The molecule has 0 aliphatic carbocycles. The van der Waals surface area contributed by atoms with E-state index in [4.69, 9.17) is 11.6 Å². The SMILES string of the molecule is Cc1ccncc1C(=O)N1CCCN1C(=O)C=Cc1c(C)nn(C)c1Cl. The van der Waals surface area contributed by atoms with Gasteiger partial charge in [0, 0.05) is 44.2 Å². The third-order valence-electron chi connectivity index (χ3n) is 4.38. The van der Waals surface area contributed by atoms with Crippen LogP contribution in [0.5, 0.6) is 0 Å². The van der Waals surface area contributed by atoms with Crippen molar-refractivity contribution in [2.24, 2.45) is 7.05 Å². The largest absolute Gasteiger partial charge is 0.274 e. The zero-order chi connectivity index (χ0) is 18.8. The van der Waals surface area contributed by atoms with Crippen LogP contribution in [0.3, 0.4) is 0 Å². The van der Waals surface area contributed by atoms with Crippen molar-refractivity contribution in [3.63, 3.8) is 0 Å². The van der Waals surface area contributed by atoms with Gasteiger partial charge < -0.3 is 0 Å². The fourth-order valence-electron chi connectivity index (χ4n) is 2.96. The molecule has 1 saturated heterocycles. The molecule has 0 aromatic carbocycles. The predicted molar refractivity (Wildman–Crippen MR) is 98.3 cm³/mol. The highest BCUT2D eigenvalue weighted by Gasteiger charge is 2.31. The van der Waals surface area contributed by atoms with Crippen molar-refractivity contribution in [3.8, 4) is 0 Å². The van der Waals surface area contributed by atoms with Crippen LogP contribution >= 0.6 is 11.6 Å². The summed E-state index contributed by atoms with van der Waals surface area (Å²) in [5, 5.41) is 7.62. The Bertz CT molecular complexity index is 890. The molecule has 2 aromatic heterocycles. The summed E-state index contributed by atoms with van der Waals surface area (Å²) in [6, 6.07) is 1.78. The van der Waals surface area contributed by atoms with Gasteiger partial charge in [-0.15, -0.1) is 0 Å². The number of hydrogen-bond acceptors (Lipinski definition) is 4. The molecular formula is C18H20ClN5O2. The number of hydrogen-bond donors (Lipinski definition) is 0. The van der Waals surface area contributed by atoms with E-state index in [2.05, 4.69) is 10.1 Å². The van der Waals surface area contributed by atoms with E-state index in [0.717, 1.165) is 17.7 Å². The molecule has 0 saturated carbocycles. The number of amides is 2. The van der Waals surface area contributed by atoms with Gasteiger partial charge in [-0.25, -0.2) is 10.0 Å². The lowest BCUT2D eigenvalue weighted by atomic mass is 10.1. The van der Waals surface area contributed by atoms with E-state index in [9.17, 15) is 9.59 Å².